The van der Waals surface area contributed by atoms with Crippen LogP contribution in [0.2, 0.25) is 0 Å². The van der Waals surface area contributed by atoms with E-state index in [9.17, 15) is 14.4 Å². The lowest BCUT2D eigenvalue weighted by atomic mass is 10.0. The molecule has 8 heteroatoms. The number of para-hydroxylation sites is 1. The minimum atomic E-state index is -0.338. The summed E-state index contributed by atoms with van der Waals surface area (Å²) in [7, 11) is 1.50. The standard InChI is InChI=1S/C26H24N2O6/c1-16(29)18-8-10-22(32-2)19(12-18)13-25(30)28-21-6-4-3-5-20(21)26(31)27-14-17-7-9-23-24(11-17)34-15-33-23/h3-12H,13-15H2,1-2H3,(H,27,31)(H,28,30). The molecule has 0 radical (unpaired) electrons. The average Bonchev–Trinajstić information content (AvgIpc) is 3.30. The maximum Gasteiger partial charge on any atom is 0.253 e. The van der Waals surface area contributed by atoms with Gasteiger partial charge in [0.25, 0.3) is 5.91 Å². The number of hydrogen-bond acceptors (Lipinski definition) is 6. The first-order chi connectivity index (χ1) is 16.4. The second-order valence-electron chi connectivity index (χ2n) is 7.72. The molecule has 2 N–H and O–H groups in total. The van der Waals surface area contributed by atoms with Crippen LogP contribution in [-0.2, 0) is 17.8 Å². The topological polar surface area (TPSA) is 103 Å². The van der Waals surface area contributed by atoms with Crippen molar-refractivity contribution in [1.82, 2.24) is 5.32 Å². The van der Waals surface area contributed by atoms with E-state index in [1.54, 1.807) is 48.5 Å². The third-order valence-corrected chi connectivity index (χ3v) is 5.37. The molecule has 0 bridgehead atoms. The predicted octanol–water partition coefficient (Wildman–Crippen LogP) is 3.74. The van der Waals surface area contributed by atoms with Gasteiger partial charge in [-0.25, -0.2) is 0 Å². The summed E-state index contributed by atoms with van der Waals surface area (Å²) < 4.78 is 16.0. The minimum absolute atomic E-state index is 0.0164. The molecule has 0 saturated carbocycles. The minimum Gasteiger partial charge on any atom is -0.496 e. The first kappa shape index (κ1) is 22.8. The zero-order valence-corrected chi connectivity index (χ0v) is 18.8. The van der Waals surface area contributed by atoms with Crippen molar-refractivity contribution < 1.29 is 28.6 Å². The van der Waals surface area contributed by atoms with Gasteiger partial charge in [0, 0.05) is 17.7 Å². The molecule has 8 nitrogen and oxygen atoms in total. The van der Waals surface area contributed by atoms with Crippen LogP contribution in [0.15, 0.2) is 60.7 Å². The van der Waals surface area contributed by atoms with E-state index in [4.69, 9.17) is 14.2 Å². The van der Waals surface area contributed by atoms with Gasteiger partial charge < -0.3 is 24.8 Å². The second-order valence-corrected chi connectivity index (χ2v) is 7.72. The normalized spacial score (nSPS) is 11.6. The number of fused-ring (bicyclic) bond motifs is 1. The first-order valence-electron chi connectivity index (χ1n) is 10.7. The highest BCUT2D eigenvalue weighted by atomic mass is 16.7. The van der Waals surface area contributed by atoms with Crippen molar-refractivity contribution in [3.05, 3.63) is 82.9 Å². The quantitative estimate of drug-likeness (QED) is 0.497. The Morgan fingerprint density at radius 2 is 1.76 bits per heavy atom. The number of benzene rings is 3. The molecule has 1 heterocycles. The van der Waals surface area contributed by atoms with Crippen LogP contribution in [0.25, 0.3) is 0 Å². The van der Waals surface area contributed by atoms with Crippen LogP contribution >= 0.6 is 0 Å². The summed E-state index contributed by atoms with van der Waals surface area (Å²) in [5.74, 6) is 1.06. The summed E-state index contributed by atoms with van der Waals surface area (Å²) in [5, 5.41) is 5.66. The Morgan fingerprint density at radius 3 is 2.56 bits per heavy atom. The lowest BCUT2D eigenvalue weighted by Crippen LogP contribution is -2.25. The van der Waals surface area contributed by atoms with Gasteiger partial charge in [-0.15, -0.1) is 0 Å². The van der Waals surface area contributed by atoms with Gasteiger partial charge in [-0.2, -0.15) is 0 Å². The molecule has 0 spiro atoms. The Hall–Kier alpha value is -4.33. The number of methoxy groups -OCH3 is 1. The fraction of sp³-hybridized carbons (Fsp3) is 0.192. The Labute approximate surface area is 196 Å². The number of amides is 2. The van der Waals surface area contributed by atoms with Crippen LogP contribution in [0.3, 0.4) is 0 Å². The van der Waals surface area contributed by atoms with Crippen molar-refractivity contribution in [2.75, 3.05) is 19.2 Å². The molecule has 1 aliphatic rings. The van der Waals surface area contributed by atoms with Crippen molar-refractivity contribution in [3.63, 3.8) is 0 Å². The Balaban J connectivity index is 1.44. The number of hydrogen-bond donors (Lipinski definition) is 2. The van der Waals surface area contributed by atoms with E-state index < -0.39 is 0 Å². The molecule has 2 amide bonds. The SMILES string of the molecule is COc1ccc(C(C)=O)cc1CC(=O)Nc1ccccc1C(=O)NCc1ccc2c(c1)OCO2. The van der Waals surface area contributed by atoms with Gasteiger partial charge in [0.2, 0.25) is 12.7 Å². The molecular formula is C26H24N2O6. The monoisotopic (exact) mass is 460 g/mol. The number of nitrogens with one attached hydrogen (secondary N) is 2. The second kappa shape index (κ2) is 10.1. The van der Waals surface area contributed by atoms with E-state index in [2.05, 4.69) is 10.6 Å². The molecule has 174 valence electrons. The van der Waals surface area contributed by atoms with E-state index in [1.165, 1.54) is 14.0 Å². The van der Waals surface area contributed by atoms with Gasteiger partial charge in [-0.1, -0.05) is 18.2 Å². The highest BCUT2D eigenvalue weighted by molar-refractivity contribution is 6.04. The fourth-order valence-corrected chi connectivity index (χ4v) is 3.62. The van der Waals surface area contributed by atoms with Crippen LogP contribution in [0.5, 0.6) is 17.2 Å². The molecule has 0 fully saturated rings. The number of ketones is 1. The lowest BCUT2D eigenvalue weighted by molar-refractivity contribution is -0.115. The molecule has 3 aromatic rings. The summed E-state index contributed by atoms with van der Waals surface area (Å²) in [6.45, 7) is 1.93. The van der Waals surface area contributed by atoms with Gasteiger partial charge in [-0.05, 0) is 55.0 Å². The lowest BCUT2D eigenvalue weighted by Gasteiger charge is -2.13. The molecule has 0 atom stereocenters. The van der Waals surface area contributed by atoms with E-state index in [0.717, 1.165) is 5.56 Å². The summed E-state index contributed by atoms with van der Waals surface area (Å²) in [4.78, 5) is 37.4. The molecule has 34 heavy (non-hydrogen) atoms. The van der Waals surface area contributed by atoms with Crippen LogP contribution in [0, 0.1) is 0 Å². The van der Waals surface area contributed by atoms with E-state index in [0.29, 0.717) is 39.6 Å². The Kier molecular flexibility index (Phi) is 6.77. The van der Waals surface area contributed by atoms with Crippen LogP contribution < -0.4 is 24.8 Å². The van der Waals surface area contributed by atoms with E-state index >= 15 is 0 Å². The maximum atomic E-state index is 12.9. The molecule has 3 aromatic carbocycles. The van der Waals surface area contributed by atoms with Crippen molar-refractivity contribution in [2.24, 2.45) is 0 Å². The summed E-state index contributed by atoms with van der Waals surface area (Å²) in [6, 6.07) is 17.2. The van der Waals surface area contributed by atoms with Gasteiger partial charge >= 0.3 is 0 Å². The largest absolute Gasteiger partial charge is 0.496 e. The molecule has 1 aliphatic heterocycles. The van der Waals surface area contributed by atoms with Crippen molar-refractivity contribution >= 4 is 23.3 Å². The van der Waals surface area contributed by atoms with Crippen LogP contribution in [0.4, 0.5) is 5.69 Å². The molecule has 0 aliphatic carbocycles. The van der Waals surface area contributed by atoms with E-state index in [-0.39, 0.29) is 37.4 Å². The van der Waals surface area contributed by atoms with Crippen LogP contribution in [-0.4, -0.2) is 31.5 Å². The third-order valence-electron chi connectivity index (χ3n) is 5.37. The van der Waals surface area contributed by atoms with Gasteiger partial charge in [0.1, 0.15) is 5.75 Å². The summed E-state index contributed by atoms with van der Waals surface area (Å²) in [6.07, 6.45) is -0.0164. The van der Waals surface area contributed by atoms with Gasteiger partial charge in [0.05, 0.1) is 24.8 Å². The van der Waals surface area contributed by atoms with E-state index in [1.807, 2.05) is 12.1 Å². The number of anilines is 1. The maximum absolute atomic E-state index is 12.9. The summed E-state index contributed by atoms with van der Waals surface area (Å²) >= 11 is 0. The number of ether oxygens (including phenoxy) is 3. The third kappa shape index (κ3) is 5.17. The average molecular weight is 460 g/mol. The Morgan fingerprint density at radius 1 is 0.971 bits per heavy atom. The van der Waals surface area contributed by atoms with Crippen molar-refractivity contribution in [1.29, 1.82) is 0 Å². The van der Waals surface area contributed by atoms with Gasteiger partial charge in [0.15, 0.2) is 17.3 Å². The zero-order valence-electron chi connectivity index (χ0n) is 18.8. The van der Waals surface area contributed by atoms with Gasteiger partial charge in [-0.3, -0.25) is 14.4 Å². The number of rotatable bonds is 8. The molecule has 0 saturated heterocycles. The first-order valence-corrected chi connectivity index (χ1v) is 10.7. The summed E-state index contributed by atoms with van der Waals surface area (Å²) in [5.41, 5.74) is 2.65. The number of carbonyl (C=O) groups is 3. The highest BCUT2D eigenvalue weighted by Crippen LogP contribution is 2.32. The van der Waals surface area contributed by atoms with Crippen molar-refractivity contribution in [3.8, 4) is 17.2 Å². The Bertz CT molecular complexity index is 1250. The molecule has 0 unspecified atom stereocenters. The number of carbonyl (C=O) groups excluding carboxylic acids is 3. The molecular weight excluding hydrogens is 436 g/mol. The fourth-order valence-electron chi connectivity index (χ4n) is 3.62. The van der Waals surface area contributed by atoms with Crippen LogP contribution in [0.1, 0.15) is 38.8 Å². The molecule has 4 rings (SSSR count). The zero-order chi connectivity index (χ0) is 24.1. The predicted molar refractivity (Wildman–Crippen MR) is 126 cm³/mol. The van der Waals surface area contributed by atoms with Crippen molar-refractivity contribution in [2.45, 2.75) is 19.9 Å². The highest BCUT2D eigenvalue weighted by Gasteiger charge is 2.17. The smallest absolute Gasteiger partial charge is 0.253 e. The molecule has 0 aromatic heterocycles. The number of Topliss-reactive ketones (excluding diaryl/α,β-unsaturated/α-hetero) is 1.